The van der Waals surface area contributed by atoms with Crippen molar-refractivity contribution in [3.63, 3.8) is 0 Å². The normalized spacial score (nSPS) is 30.5. The molecule has 1 saturated carbocycles. The predicted molar refractivity (Wildman–Crippen MR) is 93.1 cm³/mol. The lowest BCUT2D eigenvalue weighted by Crippen LogP contribution is -2.50. The molecule has 4 heteroatoms. The molecular weight excluding hydrogens is 344 g/mol. The van der Waals surface area contributed by atoms with Gasteiger partial charge in [-0.15, -0.1) is 11.3 Å². The molecule has 0 bridgehead atoms. The summed E-state index contributed by atoms with van der Waals surface area (Å²) in [6, 6.07) is 8.01. The van der Waals surface area contributed by atoms with Gasteiger partial charge < -0.3 is 0 Å². The highest BCUT2D eigenvalue weighted by atomic mass is 79.9. The molecule has 0 amide bonds. The lowest BCUT2D eigenvalue weighted by molar-refractivity contribution is 0.0480. The Hall–Kier alpha value is -0.450. The van der Waals surface area contributed by atoms with Crippen LogP contribution < -0.4 is 0 Å². The molecule has 2 nitrogen and oxygen atoms in total. The Morgan fingerprint density at radius 3 is 2.95 bits per heavy atom. The number of fused-ring (bicyclic) bond motifs is 1. The van der Waals surface area contributed by atoms with E-state index in [9.17, 15) is 0 Å². The molecule has 4 rings (SSSR count). The van der Waals surface area contributed by atoms with E-state index >= 15 is 0 Å². The van der Waals surface area contributed by atoms with Gasteiger partial charge in [-0.05, 0) is 57.4 Å². The molecule has 1 aliphatic heterocycles. The van der Waals surface area contributed by atoms with Crippen molar-refractivity contribution in [2.24, 2.45) is 0 Å². The fourth-order valence-corrected chi connectivity index (χ4v) is 5.46. The van der Waals surface area contributed by atoms with Crippen LogP contribution in [-0.4, -0.2) is 28.5 Å². The first-order valence-electron chi connectivity index (χ1n) is 8.02. The molecule has 1 aromatic carbocycles. The van der Waals surface area contributed by atoms with Crippen LogP contribution >= 0.6 is 27.3 Å². The topological polar surface area (TPSA) is 16.1 Å². The summed E-state index contributed by atoms with van der Waals surface area (Å²) in [4.78, 5) is 7.61. The first kappa shape index (κ1) is 14.2. The van der Waals surface area contributed by atoms with Crippen LogP contribution in [-0.2, 0) is 0 Å². The summed E-state index contributed by atoms with van der Waals surface area (Å²) < 4.78 is 2.47. The van der Waals surface area contributed by atoms with Crippen LogP contribution in [0.3, 0.4) is 0 Å². The Morgan fingerprint density at radius 1 is 1.29 bits per heavy atom. The molecule has 112 valence electrons. The third-order valence-corrected chi connectivity index (χ3v) is 6.83. The predicted octanol–water partition coefficient (Wildman–Crippen LogP) is 5.18. The van der Waals surface area contributed by atoms with E-state index in [0.717, 1.165) is 22.1 Å². The first-order valence-corrected chi connectivity index (χ1v) is 9.63. The second-order valence-corrected chi connectivity index (χ2v) is 8.55. The Kier molecular flexibility index (Phi) is 3.80. The number of nitrogens with zero attached hydrogens (tertiary/aromatic N) is 2. The molecule has 1 saturated heterocycles. The highest BCUT2D eigenvalue weighted by Crippen LogP contribution is 2.44. The molecule has 2 fully saturated rings. The average molecular weight is 365 g/mol. The molecule has 21 heavy (non-hydrogen) atoms. The monoisotopic (exact) mass is 364 g/mol. The molecule has 0 N–H and O–H groups in total. The summed E-state index contributed by atoms with van der Waals surface area (Å²) in [6.45, 7) is 3.72. The van der Waals surface area contributed by atoms with Crippen LogP contribution in [0, 0.1) is 0 Å². The van der Waals surface area contributed by atoms with Crippen molar-refractivity contribution in [1.82, 2.24) is 9.88 Å². The maximum Gasteiger partial charge on any atom is 0.0970 e. The van der Waals surface area contributed by atoms with E-state index in [1.165, 1.54) is 48.4 Å². The van der Waals surface area contributed by atoms with Gasteiger partial charge in [0.15, 0.2) is 0 Å². The lowest BCUT2D eigenvalue weighted by Gasteiger charge is -2.47. The summed E-state index contributed by atoms with van der Waals surface area (Å²) >= 11 is 5.44. The van der Waals surface area contributed by atoms with Gasteiger partial charge in [0.2, 0.25) is 0 Å². The van der Waals surface area contributed by atoms with Crippen molar-refractivity contribution in [1.29, 1.82) is 0 Å². The Labute approximate surface area is 138 Å². The number of halogens is 1. The number of likely N-dealkylation sites (tertiary alicyclic amines) is 1. The second kappa shape index (κ2) is 5.64. The quantitative estimate of drug-likeness (QED) is 0.729. The van der Waals surface area contributed by atoms with Crippen molar-refractivity contribution >= 4 is 37.5 Å². The van der Waals surface area contributed by atoms with Gasteiger partial charge >= 0.3 is 0 Å². The van der Waals surface area contributed by atoms with Crippen molar-refractivity contribution in [2.45, 2.75) is 57.0 Å². The fraction of sp³-hybridized carbons (Fsp3) is 0.588. The zero-order valence-electron chi connectivity index (χ0n) is 12.4. The third-order valence-electron chi connectivity index (χ3n) is 5.15. The largest absolute Gasteiger partial charge is 0.298 e. The fourth-order valence-electron chi connectivity index (χ4n) is 3.81. The number of rotatable bonds is 2. The van der Waals surface area contributed by atoms with Gasteiger partial charge in [0.05, 0.1) is 15.2 Å². The van der Waals surface area contributed by atoms with E-state index in [2.05, 4.69) is 46.0 Å². The summed E-state index contributed by atoms with van der Waals surface area (Å²) in [5, 5.41) is 1.35. The van der Waals surface area contributed by atoms with E-state index in [4.69, 9.17) is 4.98 Å². The number of piperidine rings is 1. The molecule has 0 radical (unpaired) electrons. The number of benzene rings is 1. The minimum absolute atomic E-state index is 0.695. The number of aromatic nitrogens is 1. The van der Waals surface area contributed by atoms with Crippen molar-refractivity contribution in [2.75, 3.05) is 6.54 Å². The van der Waals surface area contributed by atoms with E-state index in [0.29, 0.717) is 5.92 Å². The Balaban J connectivity index is 1.46. The Bertz CT molecular complexity index is 647. The van der Waals surface area contributed by atoms with E-state index in [-0.39, 0.29) is 0 Å². The third kappa shape index (κ3) is 2.66. The van der Waals surface area contributed by atoms with Gasteiger partial charge in [-0.3, -0.25) is 4.90 Å². The molecule has 2 aromatic rings. The van der Waals surface area contributed by atoms with Gasteiger partial charge in [-0.25, -0.2) is 4.98 Å². The molecule has 1 aliphatic carbocycles. The van der Waals surface area contributed by atoms with Crippen molar-refractivity contribution in [3.8, 4) is 0 Å². The first-order chi connectivity index (χ1) is 10.2. The average Bonchev–Trinajstić information content (AvgIpc) is 2.81. The molecule has 1 aromatic heterocycles. The minimum atomic E-state index is 0.695. The van der Waals surface area contributed by atoms with E-state index in [1.54, 1.807) is 0 Å². The summed E-state index contributed by atoms with van der Waals surface area (Å²) in [6.07, 6.45) is 6.81. The smallest absolute Gasteiger partial charge is 0.0970 e. The summed E-state index contributed by atoms with van der Waals surface area (Å²) in [5.74, 6) is 0.695. The zero-order valence-corrected chi connectivity index (χ0v) is 14.8. The summed E-state index contributed by atoms with van der Waals surface area (Å²) in [5.41, 5.74) is 1.16. The van der Waals surface area contributed by atoms with E-state index < -0.39 is 0 Å². The standard InChI is InChI=1S/C17H21BrN2S/c1-11-4-2-3-7-20(11)14-8-12(9-14)17-19-15-6-5-13(18)10-16(15)21-17/h5-6,10-12,14H,2-4,7-9H2,1H3. The molecular formula is C17H21BrN2S. The minimum Gasteiger partial charge on any atom is -0.298 e. The van der Waals surface area contributed by atoms with Crippen LogP contribution in [0.1, 0.15) is 50.0 Å². The number of hydrogen-bond donors (Lipinski definition) is 0. The van der Waals surface area contributed by atoms with Gasteiger partial charge in [0.1, 0.15) is 0 Å². The van der Waals surface area contributed by atoms with Gasteiger partial charge in [0, 0.05) is 22.5 Å². The van der Waals surface area contributed by atoms with Crippen LogP contribution in [0.5, 0.6) is 0 Å². The molecule has 0 spiro atoms. The number of thiazole rings is 1. The lowest BCUT2D eigenvalue weighted by atomic mass is 9.78. The van der Waals surface area contributed by atoms with Crippen molar-refractivity contribution in [3.05, 3.63) is 27.7 Å². The van der Waals surface area contributed by atoms with Gasteiger partial charge in [-0.2, -0.15) is 0 Å². The van der Waals surface area contributed by atoms with Crippen LogP contribution in [0.15, 0.2) is 22.7 Å². The number of hydrogen-bond acceptors (Lipinski definition) is 3. The second-order valence-electron chi connectivity index (χ2n) is 6.57. The van der Waals surface area contributed by atoms with Gasteiger partial charge in [0.25, 0.3) is 0 Å². The maximum absolute atomic E-state index is 4.85. The van der Waals surface area contributed by atoms with E-state index in [1.807, 2.05) is 11.3 Å². The zero-order chi connectivity index (χ0) is 14.4. The molecule has 1 unspecified atom stereocenters. The Morgan fingerprint density at radius 2 is 2.14 bits per heavy atom. The molecule has 2 heterocycles. The van der Waals surface area contributed by atoms with Crippen LogP contribution in [0.2, 0.25) is 0 Å². The molecule has 2 aliphatic rings. The SMILES string of the molecule is CC1CCCCN1C1CC(c2nc3ccc(Br)cc3s2)C1. The maximum atomic E-state index is 4.85. The van der Waals surface area contributed by atoms with Crippen molar-refractivity contribution < 1.29 is 0 Å². The highest BCUT2D eigenvalue weighted by Gasteiger charge is 2.38. The van der Waals surface area contributed by atoms with Crippen LogP contribution in [0.4, 0.5) is 0 Å². The highest BCUT2D eigenvalue weighted by molar-refractivity contribution is 9.10. The molecule has 1 atom stereocenters. The van der Waals surface area contributed by atoms with Crippen LogP contribution in [0.25, 0.3) is 10.2 Å². The van der Waals surface area contributed by atoms with Gasteiger partial charge in [-0.1, -0.05) is 22.4 Å². The summed E-state index contributed by atoms with van der Waals surface area (Å²) in [7, 11) is 0.